The third-order valence-corrected chi connectivity index (χ3v) is 3.22. The van der Waals surface area contributed by atoms with Crippen molar-refractivity contribution in [1.82, 2.24) is 0 Å². The predicted octanol–water partition coefficient (Wildman–Crippen LogP) is 4.29. The highest BCUT2D eigenvalue weighted by Gasteiger charge is 2.20. The van der Waals surface area contributed by atoms with E-state index in [9.17, 15) is 22.7 Å². The van der Waals surface area contributed by atoms with Crippen LogP contribution in [0.1, 0.15) is 22.8 Å². The highest BCUT2D eigenvalue weighted by atomic mass is 35.5. The Morgan fingerprint density at radius 2 is 1.50 bits per heavy atom. The number of aryl methyl sites for hydroxylation is 1. The molecule has 1 unspecified atom stereocenters. The average molecular weight is 305 g/mol. The van der Waals surface area contributed by atoms with E-state index >= 15 is 0 Å². The Balaban J connectivity index is 2.51. The molecule has 20 heavy (non-hydrogen) atoms. The summed E-state index contributed by atoms with van der Waals surface area (Å²) in [7, 11) is 0. The second-order valence-electron chi connectivity index (χ2n) is 4.32. The average Bonchev–Trinajstić information content (AvgIpc) is 2.38. The van der Waals surface area contributed by atoms with Gasteiger partial charge in [-0.1, -0.05) is 11.6 Å². The summed E-state index contributed by atoms with van der Waals surface area (Å²) in [5.41, 5.74) is 0.0804. The molecule has 0 aliphatic heterocycles. The molecular formula is C14H9ClF4O. The molecular weight excluding hydrogens is 296 g/mol. The molecule has 0 saturated carbocycles. The van der Waals surface area contributed by atoms with Gasteiger partial charge in [0.05, 0.1) is 0 Å². The number of benzene rings is 2. The third kappa shape index (κ3) is 2.64. The first-order chi connectivity index (χ1) is 9.31. The van der Waals surface area contributed by atoms with Gasteiger partial charge in [-0.05, 0) is 42.3 Å². The zero-order valence-electron chi connectivity index (χ0n) is 10.2. The molecule has 6 heteroatoms. The van der Waals surface area contributed by atoms with Gasteiger partial charge in [0.25, 0.3) is 0 Å². The van der Waals surface area contributed by atoms with Crippen molar-refractivity contribution in [1.29, 1.82) is 0 Å². The number of hydrogen-bond donors (Lipinski definition) is 1. The van der Waals surface area contributed by atoms with Gasteiger partial charge >= 0.3 is 0 Å². The molecule has 0 aromatic heterocycles. The maximum atomic E-state index is 13.3. The first-order valence-electron chi connectivity index (χ1n) is 5.59. The van der Waals surface area contributed by atoms with E-state index in [4.69, 9.17) is 11.6 Å². The Kier molecular flexibility index (Phi) is 4.01. The Hall–Kier alpha value is -1.59. The van der Waals surface area contributed by atoms with Crippen molar-refractivity contribution in [2.24, 2.45) is 0 Å². The molecule has 0 aliphatic rings. The van der Waals surface area contributed by atoms with E-state index in [-0.39, 0.29) is 21.7 Å². The third-order valence-electron chi connectivity index (χ3n) is 2.89. The standard InChI is InChI=1S/C14H9ClF4O/c1-6-2-8(9(15)5-10(6)16)14(20)7-3-11(17)13(19)12(18)4-7/h2-5,14,20H,1H3. The second kappa shape index (κ2) is 5.42. The van der Waals surface area contributed by atoms with Gasteiger partial charge in [-0.25, -0.2) is 17.6 Å². The van der Waals surface area contributed by atoms with E-state index in [0.29, 0.717) is 12.1 Å². The largest absolute Gasteiger partial charge is 0.384 e. The van der Waals surface area contributed by atoms with Gasteiger partial charge in [-0.3, -0.25) is 0 Å². The monoisotopic (exact) mass is 304 g/mol. The molecule has 2 aromatic rings. The lowest BCUT2D eigenvalue weighted by molar-refractivity contribution is 0.218. The fourth-order valence-electron chi connectivity index (χ4n) is 1.80. The summed E-state index contributed by atoms with van der Waals surface area (Å²) in [4.78, 5) is 0. The van der Waals surface area contributed by atoms with Crippen molar-refractivity contribution in [3.05, 3.63) is 69.2 Å². The van der Waals surface area contributed by atoms with Crippen molar-refractivity contribution in [3.63, 3.8) is 0 Å². The molecule has 0 saturated heterocycles. The number of aliphatic hydroxyl groups excluding tert-OH is 1. The molecule has 106 valence electrons. The topological polar surface area (TPSA) is 20.2 Å². The van der Waals surface area contributed by atoms with Crippen LogP contribution in [-0.2, 0) is 0 Å². The zero-order valence-corrected chi connectivity index (χ0v) is 11.0. The molecule has 2 rings (SSSR count). The molecule has 0 aliphatic carbocycles. The van der Waals surface area contributed by atoms with Crippen LogP contribution in [0.15, 0.2) is 24.3 Å². The van der Waals surface area contributed by atoms with Crippen LogP contribution in [0.3, 0.4) is 0 Å². The molecule has 2 aromatic carbocycles. The number of halogens is 5. The van der Waals surface area contributed by atoms with Crippen molar-refractivity contribution in [2.75, 3.05) is 0 Å². The molecule has 0 radical (unpaired) electrons. The summed E-state index contributed by atoms with van der Waals surface area (Å²) in [6, 6.07) is 3.59. The molecule has 1 atom stereocenters. The van der Waals surface area contributed by atoms with Crippen LogP contribution in [0, 0.1) is 30.2 Å². The lowest BCUT2D eigenvalue weighted by Gasteiger charge is -2.15. The van der Waals surface area contributed by atoms with Gasteiger partial charge in [0.1, 0.15) is 11.9 Å². The van der Waals surface area contributed by atoms with E-state index < -0.39 is 29.4 Å². The van der Waals surface area contributed by atoms with Crippen LogP contribution >= 0.6 is 11.6 Å². The Labute approximate surface area is 117 Å². The van der Waals surface area contributed by atoms with Crippen molar-refractivity contribution >= 4 is 11.6 Å². The minimum atomic E-state index is -1.62. The number of hydrogen-bond acceptors (Lipinski definition) is 1. The van der Waals surface area contributed by atoms with Crippen LogP contribution in [0.5, 0.6) is 0 Å². The Bertz CT molecular complexity index is 649. The first kappa shape index (κ1) is 14.8. The Morgan fingerprint density at radius 1 is 0.950 bits per heavy atom. The first-order valence-corrected chi connectivity index (χ1v) is 5.97. The molecule has 0 bridgehead atoms. The lowest BCUT2D eigenvalue weighted by atomic mass is 9.99. The summed E-state index contributed by atoms with van der Waals surface area (Å²) in [6.07, 6.45) is -1.49. The van der Waals surface area contributed by atoms with Gasteiger partial charge in [-0.2, -0.15) is 0 Å². The maximum Gasteiger partial charge on any atom is 0.194 e. The van der Waals surface area contributed by atoms with Crippen LogP contribution in [0.2, 0.25) is 5.02 Å². The van der Waals surface area contributed by atoms with Gasteiger partial charge in [-0.15, -0.1) is 0 Å². The van der Waals surface area contributed by atoms with Gasteiger partial charge in [0.2, 0.25) is 0 Å². The van der Waals surface area contributed by atoms with Crippen molar-refractivity contribution in [3.8, 4) is 0 Å². The summed E-state index contributed by atoms with van der Waals surface area (Å²) in [5, 5.41) is 9.97. The molecule has 1 nitrogen and oxygen atoms in total. The van der Waals surface area contributed by atoms with E-state index in [2.05, 4.69) is 0 Å². The highest BCUT2D eigenvalue weighted by Crippen LogP contribution is 2.31. The van der Waals surface area contributed by atoms with Crippen LogP contribution < -0.4 is 0 Å². The minimum absolute atomic E-state index is 0.0796. The quantitative estimate of drug-likeness (QED) is 0.648. The van der Waals surface area contributed by atoms with Gasteiger partial charge in [0, 0.05) is 10.6 Å². The van der Waals surface area contributed by atoms with Crippen molar-refractivity contribution < 1.29 is 22.7 Å². The molecule has 0 heterocycles. The summed E-state index contributed by atoms with van der Waals surface area (Å²) < 4.78 is 52.4. The lowest BCUT2D eigenvalue weighted by Crippen LogP contribution is -2.05. The van der Waals surface area contributed by atoms with E-state index in [1.807, 2.05) is 0 Å². The SMILES string of the molecule is Cc1cc(C(O)c2cc(F)c(F)c(F)c2)c(Cl)cc1F. The fourth-order valence-corrected chi connectivity index (χ4v) is 2.06. The molecule has 0 spiro atoms. The van der Waals surface area contributed by atoms with Gasteiger partial charge in [0.15, 0.2) is 17.5 Å². The van der Waals surface area contributed by atoms with E-state index in [1.54, 1.807) is 0 Å². The molecule has 0 amide bonds. The molecule has 0 fully saturated rings. The van der Waals surface area contributed by atoms with Crippen LogP contribution in [0.4, 0.5) is 17.6 Å². The van der Waals surface area contributed by atoms with Crippen LogP contribution in [-0.4, -0.2) is 5.11 Å². The number of rotatable bonds is 2. The highest BCUT2D eigenvalue weighted by molar-refractivity contribution is 6.31. The number of aliphatic hydroxyl groups is 1. The molecule has 1 N–H and O–H groups in total. The summed E-state index contributed by atoms with van der Waals surface area (Å²) in [5.74, 6) is -5.03. The second-order valence-corrected chi connectivity index (χ2v) is 4.73. The normalized spacial score (nSPS) is 12.6. The maximum absolute atomic E-state index is 13.3. The smallest absolute Gasteiger partial charge is 0.194 e. The Morgan fingerprint density at radius 3 is 2.05 bits per heavy atom. The van der Waals surface area contributed by atoms with E-state index in [0.717, 1.165) is 6.07 Å². The minimum Gasteiger partial charge on any atom is -0.384 e. The van der Waals surface area contributed by atoms with Gasteiger partial charge < -0.3 is 5.11 Å². The predicted molar refractivity (Wildman–Crippen MR) is 66.5 cm³/mol. The van der Waals surface area contributed by atoms with E-state index in [1.165, 1.54) is 13.0 Å². The van der Waals surface area contributed by atoms with Crippen molar-refractivity contribution in [2.45, 2.75) is 13.0 Å². The summed E-state index contributed by atoms with van der Waals surface area (Å²) >= 11 is 5.80. The fraction of sp³-hybridized carbons (Fsp3) is 0.143. The zero-order chi connectivity index (χ0) is 15.0. The summed E-state index contributed by atoms with van der Waals surface area (Å²) in [6.45, 7) is 1.45. The van der Waals surface area contributed by atoms with Crippen LogP contribution in [0.25, 0.3) is 0 Å².